The summed E-state index contributed by atoms with van der Waals surface area (Å²) in [5.41, 5.74) is 1.48. The van der Waals surface area contributed by atoms with Crippen molar-refractivity contribution < 1.29 is 14.3 Å². The summed E-state index contributed by atoms with van der Waals surface area (Å²) in [6.45, 7) is 9.13. The van der Waals surface area contributed by atoms with E-state index >= 15 is 0 Å². The molecule has 1 unspecified atom stereocenters. The Kier molecular flexibility index (Phi) is 6.77. The second kappa shape index (κ2) is 9.30. The second-order valence-electron chi connectivity index (χ2n) is 8.57. The molecule has 0 fully saturated rings. The maximum Gasteiger partial charge on any atom is 0.241 e. The molecule has 30 heavy (non-hydrogen) atoms. The summed E-state index contributed by atoms with van der Waals surface area (Å²) in [6, 6.07) is 17.3. The Hall–Kier alpha value is -2.86. The van der Waals surface area contributed by atoms with Crippen molar-refractivity contribution in [2.24, 2.45) is 0 Å². The van der Waals surface area contributed by atoms with Crippen LogP contribution < -0.4 is 15.0 Å². The predicted octanol–water partition coefficient (Wildman–Crippen LogP) is 3.39. The number of fused-ring (bicyclic) bond motifs is 1. The summed E-state index contributed by atoms with van der Waals surface area (Å²) in [7, 11) is 0. The molecular weight excluding hydrogens is 378 g/mol. The number of nitrogens with one attached hydrogen (secondary N) is 1. The van der Waals surface area contributed by atoms with E-state index < -0.39 is 0 Å². The van der Waals surface area contributed by atoms with Crippen LogP contribution in [0.25, 0.3) is 0 Å². The zero-order valence-electron chi connectivity index (χ0n) is 18.2. The molecule has 3 rings (SSSR count). The van der Waals surface area contributed by atoms with Crippen LogP contribution in [0, 0.1) is 0 Å². The highest BCUT2D eigenvalue weighted by atomic mass is 16.5. The predicted molar refractivity (Wildman–Crippen MR) is 119 cm³/mol. The Bertz CT molecular complexity index is 877. The number of benzene rings is 2. The van der Waals surface area contributed by atoms with Gasteiger partial charge in [-0.05, 0) is 45.0 Å². The van der Waals surface area contributed by atoms with Gasteiger partial charge in [0.15, 0.2) is 0 Å². The summed E-state index contributed by atoms with van der Waals surface area (Å²) in [5.74, 6) is 0.565. The van der Waals surface area contributed by atoms with Crippen molar-refractivity contribution in [2.45, 2.75) is 39.3 Å². The zero-order valence-corrected chi connectivity index (χ0v) is 18.2. The van der Waals surface area contributed by atoms with Gasteiger partial charge in [0.25, 0.3) is 0 Å². The molecule has 1 heterocycles. The molecular formula is C24H31N3O3. The monoisotopic (exact) mass is 409 g/mol. The SMILES string of the molecule is CCN(CC(=O)NC(C)(C)C)CC(=O)N1c2ccccc2OCC1c1ccccc1. The van der Waals surface area contributed by atoms with Crippen LogP contribution in [0.4, 0.5) is 5.69 Å². The molecule has 1 N–H and O–H groups in total. The summed E-state index contributed by atoms with van der Waals surface area (Å²) < 4.78 is 5.95. The van der Waals surface area contributed by atoms with E-state index in [2.05, 4.69) is 5.32 Å². The number of carbonyl (C=O) groups excluding carboxylic acids is 2. The van der Waals surface area contributed by atoms with Gasteiger partial charge in [-0.2, -0.15) is 0 Å². The fraction of sp³-hybridized carbons (Fsp3) is 0.417. The van der Waals surface area contributed by atoms with Gasteiger partial charge in [-0.25, -0.2) is 0 Å². The average Bonchev–Trinajstić information content (AvgIpc) is 2.71. The number of hydrogen-bond acceptors (Lipinski definition) is 4. The van der Waals surface area contributed by atoms with Crippen molar-refractivity contribution in [1.29, 1.82) is 0 Å². The van der Waals surface area contributed by atoms with Gasteiger partial charge in [0.2, 0.25) is 11.8 Å². The normalized spacial score (nSPS) is 16.0. The van der Waals surface area contributed by atoms with Gasteiger partial charge in [-0.1, -0.05) is 49.4 Å². The Labute approximate surface area is 178 Å². The Morgan fingerprint density at radius 1 is 1.07 bits per heavy atom. The fourth-order valence-corrected chi connectivity index (χ4v) is 3.63. The third kappa shape index (κ3) is 5.39. The van der Waals surface area contributed by atoms with E-state index in [1.807, 2.05) is 92.1 Å². The Morgan fingerprint density at radius 2 is 1.73 bits per heavy atom. The number of nitrogens with zero attached hydrogens (tertiary/aromatic N) is 2. The lowest BCUT2D eigenvalue weighted by Gasteiger charge is -2.38. The number of para-hydroxylation sites is 2. The molecule has 0 radical (unpaired) electrons. The molecule has 160 valence electrons. The smallest absolute Gasteiger partial charge is 0.241 e. The number of carbonyl (C=O) groups is 2. The van der Waals surface area contributed by atoms with Crippen LogP contribution in [-0.4, -0.2) is 48.5 Å². The number of ether oxygens (including phenoxy) is 1. The lowest BCUT2D eigenvalue weighted by molar-refractivity contribution is -0.125. The van der Waals surface area contributed by atoms with E-state index in [0.717, 1.165) is 11.3 Å². The summed E-state index contributed by atoms with van der Waals surface area (Å²) >= 11 is 0. The number of rotatable bonds is 6. The van der Waals surface area contributed by atoms with Crippen molar-refractivity contribution in [1.82, 2.24) is 10.2 Å². The molecule has 2 aromatic carbocycles. The molecule has 0 saturated carbocycles. The van der Waals surface area contributed by atoms with Gasteiger partial charge < -0.3 is 10.1 Å². The van der Waals surface area contributed by atoms with Crippen LogP contribution in [-0.2, 0) is 9.59 Å². The number of hydrogen-bond donors (Lipinski definition) is 1. The van der Waals surface area contributed by atoms with Crippen LogP contribution in [0.1, 0.15) is 39.3 Å². The van der Waals surface area contributed by atoms with Gasteiger partial charge in [0.1, 0.15) is 12.4 Å². The molecule has 6 heteroatoms. The highest BCUT2D eigenvalue weighted by Crippen LogP contribution is 2.39. The lowest BCUT2D eigenvalue weighted by atomic mass is 10.0. The molecule has 1 aliphatic rings. The standard InChI is InChI=1S/C24H31N3O3/c1-5-26(15-22(28)25-24(2,3)4)16-23(29)27-19-13-9-10-14-21(19)30-17-20(27)18-11-7-6-8-12-18/h6-14,20H,5,15-17H2,1-4H3,(H,25,28). The minimum Gasteiger partial charge on any atom is -0.489 e. The van der Waals surface area contributed by atoms with E-state index in [4.69, 9.17) is 4.74 Å². The van der Waals surface area contributed by atoms with Crippen molar-refractivity contribution in [3.63, 3.8) is 0 Å². The van der Waals surface area contributed by atoms with Crippen molar-refractivity contribution in [3.05, 3.63) is 60.2 Å². The van der Waals surface area contributed by atoms with E-state index in [1.54, 1.807) is 0 Å². The Morgan fingerprint density at radius 3 is 2.40 bits per heavy atom. The van der Waals surface area contributed by atoms with Gasteiger partial charge >= 0.3 is 0 Å². The van der Waals surface area contributed by atoms with Crippen molar-refractivity contribution >= 4 is 17.5 Å². The minimum atomic E-state index is -0.304. The van der Waals surface area contributed by atoms with Gasteiger partial charge in [0.05, 0.1) is 24.8 Å². The van der Waals surface area contributed by atoms with E-state index in [9.17, 15) is 9.59 Å². The van der Waals surface area contributed by atoms with Crippen LogP contribution in [0.5, 0.6) is 5.75 Å². The summed E-state index contributed by atoms with van der Waals surface area (Å²) in [6.07, 6.45) is 0. The first-order chi connectivity index (χ1) is 14.3. The minimum absolute atomic E-state index is 0.0509. The second-order valence-corrected chi connectivity index (χ2v) is 8.57. The first-order valence-corrected chi connectivity index (χ1v) is 10.4. The first kappa shape index (κ1) is 21.8. The average molecular weight is 410 g/mol. The first-order valence-electron chi connectivity index (χ1n) is 10.4. The highest BCUT2D eigenvalue weighted by molar-refractivity contribution is 5.97. The molecule has 1 aliphatic heterocycles. The zero-order chi connectivity index (χ0) is 21.7. The Balaban J connectivity index is 1.82. The fourth-order valence-electron chi connectivity index (χ4n) is 3.63. The molecule has 0 bridgehead atoms. The highest BCUT2D eigenvalue weighted by Gasteiger charge is 2.34. The molecule has 6 nitrogen and oxygen atoms in total. The third-order valence-corrected chi connectivity index (χ3v) is 4.97. The lowest BCUT2D eigenvalue weighted by Crippen LogP contribution is -2.50. The molecule has 1 atom stereocenters. The molecule has 0 spiro atoms. The van der Waals surface area contributed by atoms with Crippen molar-refractivity contribution in [3.8, 4) is 5.75 Å². The molecule has 0 aliphatic carbocycles. The van der Waals surface area contributed by atoms with Crippen LogP contribution in [0.15, 0.2) is 54.6 Å². The topological polar surface area (TPSA) is 61.9 Å². The third-order valence-electron chi connectivity index (χ3n) is 4.97. The molecule has 0 saturated heterocycles. The molecule has 2 amide bonds. The number of likely N-dealkylation sites (N-methyl/N-ethyl adjacent to an activating group) is 1. The van der Waals surface area contributed by atoms with E-state index in [0.29, 0.717) is 18.9 Å². The van der Waals surface area contributed by atoms with E-state index in [-0.39, 0.29) is 36.5 Å². The number of amides is 2. The molecule has 0 aromatic heterocycles. The van der Waals surface area contributed by atoms with E-state index in [1.165, 1.54) is 0 Å². The van der Waals surface area contributed by atoms with Gasteiger partial charge in [-0.15, -0.1) is 0 Å². The maximum atomic E-state index is 13.5. The quantitative estimate of drug-likeness (QED) is 0.794. The largest absolute Gasteiger partial charge is 0.489 e. The van der Waals surface area contributed by atoms with Crippen LogP contribution >= 0.6 is 0 Å². The van der Waals surface area contributed by atoms with Crippen molar-refractivity contribution in [2.75, 3.05) is 31.1 Å². The summed E-state index contributed by atoms with van der Waals surface area (Å²) in [4.78, 5) is 29.5. The molecule has 2 aromatic rings. The van der Waals surface area contributed by atoms with Crippen LogP contribution in [0.3, 0.4) is 0 Å². The van der Waals surface area contributed by atoms with Gasteiger partial charge in [-0.3, -0.25) is 19.4 Å². The van der Waals surface area contributed by atoms with Crippen LogP contribution in [0.2, 0.25) is 0 Å². The number of anilines is 1. The summed E-state index contributed by atoms with van der Waals surface area (Å²) in [5, 5.41) is 2.96. The van der Waals surface area contributed by atoms with Gasteiger partial charge in [0, 0.05) is 5.54 Å². The maximum absolute atomic E-state index is 13.5.